The maximum absolute atomic E-state index is 11.5. The van der Waals surface area contributed by atoms with Crippen molar-refractivity contribution in [2.75, 3.05) is 5.75 Å². The van der Waals surface area contributed by atoms with E-state index < -0.39 is 0 Å². The molecule has 0 bridgehead atoms. The van der Waals surface area contributed by atoms with Crippen LogP contribution in [-0.4, -0.2) is 22.9 Å². The summed E-state index contributed by atoms with van der Waals surface area (Å²) in [5.41, 5.74) is 5.37. The number of nitrogens with two attached hydrogens (primary N) is 2. The normalized spacial score (nSPS) is 13.8. The van der Waals surface area contributed by atoms with Gasteiger partial charge in [-0.1, -0.05) is 38.5 Å². The minimum atomic E-state index is -0.0290. The molecule has 0 saturated carbocycles. The quantitative estimate of drug-likeness (QED) is 0.278. The summed E-state index contributed by atoms with van der Waals surface area (Å²) in [5, 5.41) is 6.44. The van der Waals surface area contributed by atoms with Crippen molar-refractivity contribution in [3.8, 4) is 0 Å². The lowest BCUT2D eigenvalue weighted by Gasteiger charge is -2.14. The number of hydrazone groups is 1. The first-order valence-electron chi connectivity index (χ1n) is 5.91. The van der Waals surface area contributed by atoms with Gasteiger partial charge in [-0.15, -0.1) is 0 Å². The summed E-state index contributed by atoms with van der Waals surface area (Å²) in [6, 6.07) is 0.206. The fraction of sp³-hybridized carbons (Fsp3) is 0.818. The number of nitrogens with one attached hydrogen (secondary N) is 1. The van der Waals surface area contributed by atoms with Crippen molar-refractivity contribution in [3.05, 3.63) is 0 Å². The number of nitrogens with zero attached hydrogens (tertiary/aromatic N) is 1. The van der Waals surface area contributed by atoms with E-state index in [2.05, 4.69) is 24.3 Å². The number of thioether (sulfide) groups is 1. The fourth-order valence-electron chi connectivity index (χ4n) is 1.40. The van der Waals surface area contributed by atoms with Crippen LogP contribution in [0.5, 0.6) is 0 Å². The zero-order valence-electron chi connectivity index (χ0n) is 10.9. The lowest BCUT2D eigenvalue weighted by atomic mass is 10.0. The third kappa shape index (κ3) is 9.99. The predicted octanol–water partition coefficient (Wildman–Crippen LogP) is 1.24. The third-order valence-corrected chi connectivity index (χ3v) is 3.11. The smallest absolute Gasteiger partial charge is 0.230 e. The largest absolute Gasteiger partial charge is 0.377 e. The van der Waals surface area contributed by atoms with Crippen LogP contribution in [0.15, 0.2) is 5.10 Å². The Morgan fingerprint density at radius 1 is 1.35 bits per heavy atom. The first-order valence-corrected chi connectivity index (χ1v) is 6.89. The van der Waals surface area contributed by atoms with Crippen molar-refractivity contribution in [2.45, 2.75) is 46.1 Å². The van der Waals surface area contributed by atoms with Crippen LogP contribution < -0.4 is 16.9 Å². The van der Waals surface area contributed by atoms with E-state index in [-0.39, 0.29) is 22.9 Å². The molecule has 0 aliphatic carbocycles. The Labute approximate surface area is 108 Å². The van der Waals surface area contributed by atoms with E-state index in [0.29, 0.717) is 5.92 Å². The van der Waals surface area contributed by atoms with Crippen LogP contribution in [0.4, 0.5) is 0 Å². The molecule has 0 rings (SSSR count). The minimum Gasteiger partial charge on any atom is -0.377 e. The van der Waals surface area contributed by atoms with E-state index in [9.17, 15) is 4.79 Å². The van der Waals surface area contributed by atoms with Crippen molar-refractivity contribution in [1.82, 2.24) is 5.32 Å². The summed E-state index contributed by atoms with van der Waals surface area (Å²) < 4.78 is 0. The second-order valence-electron chi connectivity index (χ2n) is 4.55. The molecule has 0 aliphatic heterocycles. The van der Waals surface area contributed by atoms with Gasteiger partial charge in [0.1, 0.15) is 0 Å². The van der Waals surface area contributed by atoms with Crippen molar-refractivity contribution in [2.24, 2.45) is 22.6 Å². The van der Waals surface area contributed by atoms with Crippen LogP contribution in [0, 0.1) is 5.92 Å². The van der Waals surface area contributed by atoms with Crippen LogP contribution in [0.2, 0.25) is 0 Å². The summed E-state index contributed by atoms with van der Waals surface area (Å²) in [4.78, 5) is 11.5. The number of hydrogen-bond acceptors (Lipinski definition) is 4. The molecule has 0 aromatic carbocycles. The molecule has 1 amide bonds. The average molecular weight is 260 g/mol. The van der Waals surface area contributed by atoms with Gasteiger partial charge in [-0.05, 0) is 19.3 Å². The molecule has 0 fully saturated rings. The van der Waals surface area contributed by atoms with E-state index in [1.165, 1.54) is 6.42 Å². The highest BCUT2D eigenvalue weighted by Crippen LogP contribution is 2.08. The Morgan fingerprint density at radius 2 is 2.00 bits per heavy atom. The highest BCUT2D eigenvalue weighted by molar-refractivity contribution is 8.14. The van der Waals surface area contributed by atoms with Gasteiger partial charge in [0.15, 0.2) is 5.17 Å². The van der Waals surface area contributed by atoms with E-state index >= 15 is 0 Å². The van der Waals surface area contributed by atoms with Crippen LogP contribution >= 0.6 is 11.8 Å². The highest BCUT2D eigenvalue weighted by Gasteiger charge is 2.08. The summed E-state index contributed by atoms with van der Waals surface area (Å²) in [6.45, 7) is 6.42. The molecule has 0 radical (unpaired) electrons. The standard InChI is InChI=1S/C11H24N4OS/c1-8(2)5-4-6-9(3)14-10(16)7-17-11(12)15-13/h8-9H,4-7,13H2,1-3H3,(H2,12,15)(H,14,16). The molecule has 0 aliphatic rings. The van der Waals surface area contributed by atoms with Gasteiger partial charge >= 0.3 is 0 Å². The van der Waals surface area contributed by atoms with Gasteiger partial charge in [-0.2, -0.15) is 5.10 Å². The van der Waals surface area contributed by atoms with Crippen LogP contribution in [-0.2, 0) is 4.79 Å². The van der Waals surface area contributed by atoms with Crippen molar-refractivity contribution >= 4 is 22.8 Å². The SMILES string of the molecule is CC(C)CCCC(C)NC(=O)CSC(N)=NN. The number of rotatable bonds is 7. The molecule has 0 spiro atoms. The zero-order chi connectivity index (χ0) is 13.3. The van der Waals surface area contributed by atoms with E-state index in [1.807, 2.05) is 6.92 Å². The summed E-state index contributed by atoms with van der Waals surface area (Å²) in [5.74, 6) is 5.92. The molecular formula is C11H24N4OS. The Kier molecular flexibility index (Phi) is 8.66. The molecule has 100 valence electrons. The lowest BCUT2D eigenvalue weighted by Crippen LogP contribution is -2.34. The topological polar surface area (TPSA) is 93.5 Å². The van der Waals surface area contributed by atoms with Gasteiger partial charge in [-0.3, -0.25) is 4.79 Å². The predicted molar refractivity (Wildman–Crippen MR) is 74.6 cm³/mol. The van der Waals surface area contributed by atoms with Gasteiger partial charge in [0.25, 0.3) is 0 Å². The Morgan fingerprint density at radius 3 is 2.53 bits per heavy atom. The van der Waals surface area contributed by atoms with Gasteiger partial charge in [0.05, 0.1) is 5.75 Å². The first-order chi connectivity index (χ1) is 7.95. The number of amides is 1. The molecule has 0 saturated heterocycles. The molecule has 5 N–H and O–H groups in total. The zero-order valence-corrected chi connectivity index (χ0v) is 11.7. The maximum atomic E-state index is 11.5. The molecule has 0 heterocycles. The Bertz CT molecular complexity index is 256. The maximum Gasteiger partial charge on any atom is 0.230 e. The molecule has 1 unspecified atom stereocenters. The van der Waals surface area contributed by atoms with E-state index in [4.69, 9.17) is 11.6 Å². The lowest BCUT2D eigenvalue weighted by molar-refractivity contribution is -0.119. The number of amidine groups is 1. The first kappa shape index (κ1) is 16.1. The van der Waals surface area contributed by atoms with Crippen molar-refractivity contribution in [1.29, 1.82) is 0 Å². The molecular weight excluding hydrogens is 236 g/mol. The van der Waals surface area contributed by atoms with Crippen molar-refractivity contribution < 1.29 is 4.79 Å². The molecule has 5 nitrogen and oxygen atoms in total. The molecule has 0 aromatic heterocycles. The second kappa shape index (κ2) is 9.15. The fourth-order valence-corrected chi connectivity index (χ4v) is 1.83. The molecule has 1 atom stereocenters. The van der Waals surface area contributed by atoms with E-state index in [0.717, 1.165) is 24.6 Å². The van der Waals surface area contributed by atoms with Crippen LogP contribution in [0.1, 0.15) is 40.0 Å². The van der Waals surface area contributed by atoms with Gasteiger partial charge in [-0.25, -0.2) is 0 Å². The Hall–Kier alpha value is -0.910. The van der Waals surface area contributed by atoms with Gasteiger partial charge < -0.3 is 16.9 Å². The number of carbonyl (C=O) groups excluding carboxylic acids is 1. The van der Waals surface area contributed by atoms with E-state index in [1.54, 1.807) is 0 Å². The Balaban J connectivity index is 3.65. The summed E-state index contributed by atoms with van der Waals surface area (Å²) in [6.07, 6.45) is 3.34. The number of carbonyl (C=O) groups is 1. The summed E-state index contributed by atoms with van der Waals surface area (Å²) >= 11 is 1.15. The number of hydrogen-bond donors (Lipinski definition) is 3. The van der Waals surface area contributed by atoms with Crippen LogP contribution in [0.25, 0.3) is 0 Å². The minimum absolute atomic E-state index is 0.0290. The van der Waals surface area contributed by atoms with Crippen molar-refractivity contribution in [3.63, 3.8) is 0 Å². The van der Waals surface area contributed by atoms with Gasteiger partial charge in [0.2, 0.25) is 5.91 Å². The highest BCUT2D eigenvalue weighted by atomic mass is 32.2. The second-order valence-corrected chi connectivity index (χ2v) is 5.54. The third-order valence-electron chi connectivity index (χ3n) is 2.30. The van der Waals surface area contributed by atoms with Crippen LogP contribution in [0.3, 0.4) is 0 Å². The van der Waals surface area contributed by atoms with Gasteiger partial charge in [0, 0.05) is 6.04 Å². The average Bonchev–Trinajstić information content (AvgIpc) is 2.25. The molecule has 17 heavy (non-hydrogen) atoms. The monoisotopic (exact) mass is 260 g/mol. The molecule has 0 aromatic rings. The molecule has 6 heteroatoms. The summed E-state index contributed by atoms with van der Waals surface area (Å²) in [7, 11) is 0.